The van der Waals surface area contributed by atoms with Gasteiger partial charge in [0.1, 0.15) is 6.04 Å². The number of rotatable bonds is 4. The van der Waals surface area contributed by atoms with Crippen molar-refractivity contribution in [3.05, 3.63) is 54.4 Å². The summed E-state index contributed by atoms with van der Waals surface area (Å²) in [4.78, 5) is 25.0. The Hall–Kier alpha value is -2.76. The number of hydrogen-bond donors (Lipinski definition) is 1. The minimum Gasteiger partial charge on any atom is -0.349 e. The first kappa shape index (κ1) is 14.2. The second-order valence-electron chi connectivity index (χ2n) is 5.18. The van der Waals surface area contributed by atoms with Crippen molar-refractivity contribution < 1.29 is 4.79 Å². The van der Waals surface area contributed by atoms with Crippen LogP contribution in [0.3, 0.4) is 0 Å². The third kappa shape index (κ3) is 2.81. The van der Waals surface area contributed by atoms with Crippen molar-refractivity contribution in [2.45, 2.75) is 26.4 Å². The Labute approximate surface area is 128 Å². The fraction of sp³-hybridized carbons (Fsp3) is 0.250. The summed E-state index contributed by atoms with van der Waals surface area (Å²) in [5.74, 6) is -0.0782. The first-order chi connectivity index (χ1) is 10.6. The van der Waals surface area contributed by atoms with Gasteiger partial charge in [-0.3, -0.25) is 14.8 Å². The van der Waals surface area contributed by atoms with E-state index < -0.39 is 0 Å². The average Bonchev–Trinajstić information content (AvgIpc) is 2.97. The van der Waals surface area contributed by atoms with Gasteiger partial charge >= 0.3 is 0 Å². The minimum absolute atomic E-state index is 0.0782. The highest BCUT2D eigenvalue weighted by Gasteiger charge is 2.16. The largest absolute Gasteiger partial charge is 0.349 e. The molecule has 0 radical (unpaired) electrons. The number of para-hydroxylation sites is 2. The van der Waals surface area contributed by atoms with Crippen molar-refractivity contribution in [2.75, 3.05) is 0 Å². The zero-order valence-corrected chi connectivity index (χ0v) is 12.5. The molecule has 0 aliphatic rings. The second kappa shape index (κ2) is 5.93. The lowest BCUT2D eigenvalue weighted by atomic mass is 10.2. The van der Waals surface area contributed by atoms with Crippen LogP contribution in [0.2, 0.25) is 0 Å². The first-order valence-electron chi connectivity index (χ1n) is 7.12. The Kier molecular flexibility index (Phi) is 3.82. The van der Waals surface area contributed by atoms with Crippen LogP contribution in [0, 0.1) is 6.92 Å². The molecule has 0 fully saturated rings. The fourth-order valence-electron chi connectivity index (χ4n) is 2.25. The molecule has 0 aliphatic carbocycles. The normalized spacial score (nSPS) is 12.3. The Bertz CT molecular complexity index is 794. The van der Waals surface area contributed by atoms with E-state index in [0.717, 1.165) is 22.4 Å². The smallest absolute Gasteiger partial charge is 0.243 e. The van der Waals surface area contributed by atoms with Crippen LogP contribution in [0.1, 0.15) is 24.4 Å². The van der Waals surface area contributed by atoms with Gasteiger partial charge in [0, 0.05) is 6.20 Å². The molecule has 0 bridgehead atoms. The second-order valence-corrected chi connectivity index (χ2v) is 5.18. The molecule has 1 aromatic carbocycles. The molecule has 0 aliphatic heterocycles. The highest BCUT2D eigenvalue weighted by molar-refractivity contribution is 5.83. The van der Waals surface area contributed by atoms with Crippen LogP contribution in [0.25, 0.3) is 11.0 Å². The number of amides is 1. The third-order valence-corrected chi connectivity index (χ3v) is 3.56. The number of hydrogen-bond acceptors (Lipinski definition) is 4. The van der Waals surface area contributed by atoms with Gasteiger partial charge in [0.05, 0.1) is 41.5 Å². The van der Waals surface area contributed by atoms with E-state index in [0.29, 0.717) is 6.54 Å². The molecule has 0 spiro atoms. The Morgan fingerprint density at radius 3 is 2.82 bits per heavy atom. The van der Waals surface area contributed by atoms with Crippen LogP contribution in [0.5, 0.6) is 0 Å². The number of aryl methyl sites for hydroxylation is 1. The van der Waals surface area contributed by atoms with Crippen LogP contribution in [-0.4, -0.2) is 25.4 Å². The van der Waals surface area contributed by atoms with Gasteiger partial charge in [-0.1, -0.05) is 12.1 Å². The van der Waals surface area contributed by atoms with Gasteiger partial charge in [-0.25, -0.2) is 4.98 Å². The molecule has 112 valence electrons. The number of nitrogens with one attached hydrogen (secondary N) is 1. The van der Waals surface area contributed by atoms with E-state index in [1.54, 1.807) is 18.7 Å². The summed E-state index contributed by atoms with van der Waals surface area (Å²) in [7, 11) is 0. The third-order valence-electron chi connectivity index (χ3n) is 3.56. The van der Waals surface area contributed by atoms with E-state index in [2.05, 4.69) is 20.3 Å². The zero-order chi connectivity index (χ0) is 15.5. The van der Waals surface area contributed by atoms with Crippen molar-refractivity contribution in [3.63, 3.8) is 0 Å². The Morgan fingerprint density at radius 1 is 1.23 bits per heavy atom. The topological polar surface area (TPSA) is 72.7 Å². The molecule has 6 heteroatoms. The van der Waals surface area contributed by atoms with E-state index in [4.69, 9.17) is 0 Å². The summed E-state index contributed by atoms with van der Waals surface area (Å²) in [5, 5.41) is 2.88. The van der Waals surface area contributed by atoms with Gasteiger partial charge in [-0.2, -0.15) is 0 Å². The average molecular weight is 295 g/mol. The van der Waals surface area contributed by atoms with Crippen molar-refractivity contribution in [2.24, 2.45) is 0 Å². The summed E-state index contributed by atoms with van der Waals surface area (Å²) >= 11 is 0. The van der Waals surface area contributed by atoms with Crippen molar-refractivity contribution in [1.29, 1.82) is 0 Å². The molecular formula is C16H17N5O. The molecule has 3 rings (SSSR count). The number of benzene rings is 1. The van der Waals surface area contributed by atoms with Crippen LogP contribution >= 0.6 is 0 Å². The maximum atomic E-state index is 12.3. The lowest BCUT2D eigenvalue weighted by Gasteiger charge is -2.14. The van der Waals surface area contributed by atoms with E-state index >= 15 is 0 Å². The highest BCUT2D eigenvalue weighted by atomic mass is 16.2. The molecule has 0 saturated heterocycles. The summed E-state index contributed by atoms with van der Waals surface area (Å²) < 4.78 is 1.87. The minimum atomic E-state index is -0.342. The number of imidazole rings is 1. The number of aromatic nitrogens is 4. The number of fused-ring (bicyclic) bond motifs is 1. The standard InChI is InChI=1S/C16H17N5O/c1-11-7-18-13(8-17-11)9-19-16(22)12(2)21-10-20-14-5-3-4-6-15(14)21/h3-8,10,12H,9H2,1-2H3,(H,19,22)/t12-/m0/s1. The van der Waals surface area contributed by atoms with Gasteiger partial charge in [0.15, 0.2) is 0 Å². The molecule has 22 heavy (non-hydrogen) atoms. The summed E-state index contributed by atoms with van der Waals surface area (Å²) in [6.45, 7) is 4.09. The molecule has 0 unspecified atom stereocenters. The van der Waals surface area contributed by atoms with Gasteiger partial charge in [-0.15, -0.1) is 0 Å². The maximum absolute atomic E-state index is 12.3. The fourth-order valence-corrected chi connectivity index (χ4v) is 2.25. The van der Waals surface area contributed by atoms with Gasteiger partial charge < -0.3 is 9.88 Å². The van der Waals surface area contributed by atoms with Crippen LogP contribution in [0.4, 0.5) is 0 Å². The van der Waals surface area contributed by atoms with Gasteiger partial charge in [0.25, 0.3) is 0 Å². The highest BCUT2D eigenvalue weighted by Crippen LogP contribution is 2.17. The van der Waals surface area contributed by atoms with E-state index in [-0.39, 0.29) is 11.9 Å². The molecule has 1 amide bonds. The lowest BCUT2D eigenvalue weighted by Crippen LogP contribution is -2.30. The molecule has 0 saturated carbocycles. The summed E-state index contributed by atoms with van der Waals surface area (Å²) in [5.41, 5.74) is 3.42. The molecule has 6 nitrogen and oxygen atoms in total. The zero-order valence-electron chi connectivity index (χ0n) is 12.5. The molecule has 2 aromatic heterocycles. The van der Waals surface area contributed by atoms with Crippen molar-refractivity contribution >= 4 is 16.9 Å². The predicted molar refractivity (Wildman–Crippen MR) is 83.1 cm³/mol. The lowest BCUT2D eigenvalue weighted by molar-refractivity contribution is -0.123. The first-order valence-corrected chi connectivity index (χ1v) is 7.12. The Morgan fingerprint density at radius 2 is 2.05 bits per heavy atom. The summed E-state index contributed by atoms with van der Waals surface area (Å²) in [6, 6.07) is 7.41. The quantitative estimate of drug-likeness (QED) is 0.799. The number of nitrogens with zero attached hydrogens (tertiary/aromatic N) is 4. The molecule has 1 N–H and O–H groups in total. The van der Waals surface area contributed by atoms with Gasteiger partial charge in [0.2, 0.25) is 5.91 Å². The predicted octanol–water partition coefficient (Wildman–Crippen LogP) is 2.01. The monoisotopic (exact) mass is 295 g/mol. The van der Waals surface area contributed by atoms with Crippen LogP contribution < -0.4 is 5.32 Å². The van der Waals surface area contributed by atoms with E-state index in [1.807, 2.05) is 42.7 Å². The summed E-state index contributed by atoms with van der Waals surface area (Å²) in [6.07, 6.45) is 5.06. The maximum Gasteiger partial charge on any atom is 0.243 e. The number of carbonyl (C=O) groups is 1. The molecule has 2 heterocycles. The van der Waals surface area contributed by atoms with Crippen LogP contribution in [0.15, 0.2) is 43.0 Å². The molecular weight excluding hydrogens is 278 g/mol. The van der Waals surface area contributed by atoms with E-state index in [1.165, 1.54) is 0 Å². The number of carbonyl (C=O) groups excluding carboxylic acids is 1. The SMILES string of the molecule is Cc1cnc(CNC(=O)[C@H](C)n2cnc3ccccc32)cn1. The Balaban J connectivity index is 1.70. The molecule has 1 atom stereocenters. The molecule has 3 aromatic rings. The van der Waals surface area contributed by atoms with Crippen LogP contribution in [-0.2, 0) is 11.3 Å². The van der Waals surface area contributed by atoms with Crippen molar-refractivity contribution in [3.8, 4) is 0 Å². The van der Waals surface area contributed by atoms with E-state index in [9.17, 15) is 4.79 Å². The van der Waals surface area contributed by atoms with Gasteiger partial charge in [-0.05, 0) is 26.0 Å². The van der Waals surface area contributed by atoms with Crippen molar-refractivity contribution in [1.82, 2.24) is 24.8 Å².